The smallest absolute Gasteiger partial charge is 0.225 e. The molecule has 4 rings (SSSR count). The van der Waals surface area contributed by atoms with E-state index in [9.17, 15) is 5.11 Å². The second-order valence-electron chi connectivity index (χ2n) is 5.61. The summed E-state index contributed by atoms with van der Waals surface area (Å²) < 4.78 is 0. The van der Waals surface area contributed by atoms with Crippen LogP contribution in [0.4, 0.5) is 11.5 Å². The Hall–Kier alpha value is -2.37. The molecule has 0 aliphatic carbocycles. The number of hydrogen-bond acceptors (Lipinski definition) is 5. The summed E-state index contributed by atoms with van der Waals surface area (Å²) in [7, 11) is 0. The summed E-state index contributed by atoms with van der Waals surface area (Å²) >= 11 is 7.71. The van der Waals surface area contributed by atoms with Gasteiger partial charge in [-0.1, -0.05) is 24.3 Å². The molecule has 6 heteroatoms. The summed E-state index contributed by atoms with van der Waals surface area (Å²) in [6, 6.07) is 11.2. The molecule has 2 aromatic carbocycles. The molecular weight excluding hydrogens is 342 g/mol. The highest BCUT2D eigenvalue weighted by Gasteiger charge is 2.15. The molecule has 2 heterocycles. The maximum absolute atomic E-state index is 10.1. The van der Waals surface area contributed by atoms with E-state index in [4.69, 9.17) is 11.6 Å². The van der Waals surface area contributed by atoms with Gasteiger partial charge in [-0.15, -0.1) is 11.3 Å². The Bertz CT molecular complexity index is 1090. The Morgan fingerprint density at radius 2 is 1.79 bits per heavy atom. The second kappa shape index (κ2) is 5.61. The van der Waals surface area contributed by atoms with E-state index >= 15 is 0 Å². The fraction of sp³-hybridized carbons (Fsp3) is 0.111. The number of aromatic hydroxyl groups is 1. The topological polar surface area (TPSA) is 58.0 Å². The van der Waals surface area contributed by atoms with Gasteiger partial charge in [0.15, 0.2) is 0 Å². The van der Waals surface area contributed by atoms with E-state index in [1.54, 1.807) is 17.4 Å². The molecule has 0 unspecified atom stereocenters. The molecule has 0 aliphatic rings. The van der Waals surface area contributed by atoms with Crippen LogP contribution in [0.25, 0.3) is 21.0 Å². The standard InChI is InChI=1S/C18H14ClN3OS/c1-9-10(2)24-17-15(9)16(21-18(19)22-17)20-13-7-3-6-12-11(13)5-4-8-14(12)23/h3-8,23H,1-2H3,(H,20,21,22). The number of phenols is 1. The fourth-order valence-electron chi connectivity index (χ4n) is 2.84. The summed E-state index contributed by atoms with van der Waals surface area (Å²) in [4.78, 5) is 10.8. The zero-order valence-corrected chi connectivity index (χ0v) is 14.7. The van der Waals surface area contributed by atoms with E-state index in [0.29, 0.717) is 5.82 Å². The molecule has 4 nitrogen and oxygen atoms in total. The zero-order valence-electron chi connectivity index (χ0n) is 13.1. The molecule has 0 spiro atoms. The number of hydrogen-bond donors (Lipinski definition) is 2. The van der Waals surface area contributed by atoms with Crippen molar-refractivity contribution in [2.24, 2.45) is 0 Å². The number of anilines is 2. The Kier molecular flexibility index (Phi) is 3.55. The number of nitrogens with zero attached hydrogens (tertiary/aromatic N) is 2. The van der Waals surface area contributed by atoms with E-state index < -0.39 is 0 Å². The van der Waals surface area contributed by atoms with Gasteiger partial charge in [-0.3, -0.25) is 0 Å². The second-order valence-corrected chi connectivity index (χ2v) is 7.15. The van der Waals surface area contributed by atoms with Gasteiger partial charge in [0.05, 0.1) is 5.39 Å². The third-order valence-electron chi connectivity index (χ3n) is 4.15. The minimum absolute atomic E-state index is 0.217. The third-order valence-corrected chi connectivity index (χ3v) is 5.42. The fourth-order valence-corrected chi connectivity index (χ4v) is 4.09. The molecule has 24 heavy (non-hydrogen) atoms. The van der Waals surface area contributed by atoms with Crippen molar-refractivity contribution in [3.05, 3.63) is 52.1 Å². The van der Waals surface area contributed by atoms with Gasteiger partial charge < -0.3 is 10.4 Å². The van der Waals surface area contributed by atoms with Gasteiger partial charge in [-0.25, -0.2) is 4.98 Å². The first-order valence-corrected chi connectivity index (χ1v) is 8.65. The number of thiophene rings is 1. The molecule has 0 amide bonds. The number of nitrogens with one attached hydrogen (secondary N) is 1. The largest absolute Gasteiger partial charge is 0.507 e. The summed E-state index contributed by atoms with van der Waals surface area (Å²) in [6.07, 6.45) is 0. The maximum atomic E-state index is 10.1. The molecule has 0 fully saturated rings. The van der Waals surface area contributed by atoms with Crippen molar-refractivity contribution in [3.8, 4) is 5.75 Å². The van der Waals surface area contributed by atoms with Gasteiger partial charge >= 0.3 is 0 Å². The highest BCUT2D eigenvalue weighted by atomic mass is 35.5. The first-order valence-electron chi connectivity index (χ1n) is 7.45. The number of fused-ring (bicyclic) bond motifs is 2. The molecule has 0 aliphatic heterocycles. The first kappa shape index (κ1) is 15.2. The van der Waals surface area contributed by atoms with Crippen LogP contribution in [0.3, 0.4) is 0 Å². The van der Waals surface area contributed by atoms with E-state index in [0.717, 1.165) is 32.2 Å². The lowest BCUT2D eigenvalue weighted by molar-refractivity contribution is 0.481. The maximum Gasteiger partial charge on any atom is 0.225 e. The highest BCUT2D eigenvalue weighted by Crippen LogP contribution is 2.37. The lowest BCUT2D eigenvalue weighted by Gasteiger charge is -2.11. The highest BCUT2D eigenvalue weighted by molar-refractivity contribution is 7.18. The average molecular weight is 356 g/mol. The van der Waals surface area contributed by atoms with E-state index in [1.165, 1.54) is 4.88 Å². The van der Waals surface area contributed by atoms with Crippen LogP contribution in [0, 0.1) is 13.8 Å². The zero-order chi connectivity index (χ0) is 16.8. The van der Waals surface area contributed by atoms with E-state index in [-0.39, 0.29) is 11.0 Å². The van der Waals surface area contributed by atoms with Gasteiger partial charge in [0.2, 0.25) is 5.28 Å². The normalized spacial score (nSPS) is 11.3. The third kappa shape index (κ3) is 2.37. The number of phenolic OH excluding ortho intramolecular Hbond substituents is 1. The number of aryl methyl sites for hydroxylation is 2. The van der Waals surface area contributed by atoms with E-state index in [1.807, 2.05) is 30.3 Å². The summed E-state index contributed by atoms with van der Waals surface area (Å²) in [5, 5.41) is 16.3. The van der Waals surface area contributed by atoms with Crippen molar-refractivity contribution in [1.82, 2.24) is 9.97 Å². The van der Waals surface area contributed by atoms with Crippen molar-refractivity contribution in [2.75, 3.05) is 5.32 Å². The predicted molar refractivity (Wildman–Crippen MR) is 101 cm³/mol. The molecule has 0 bridgehead atoms. The Balaban J connectivity index is 1.93. The van der Waals surface area contributed by atoms with Crippen LogP contribution in [-0.4, -0.2) is 15.1 Å². The van der Waals surface area contributed by atoms with Crippen LogP contribution >= 0.6 is 22.9 Å². The van der Waals surface area contributed by atoms with Crippen LogP contribution in [0.15, 0.2) is 36.4 Å². The van der Waals surface area contributed by atoms with Crippen LogP contribution in [0.2, 0.25) is 5.28 Å². The van der Waals surface area contributed by atoms with Gasteiger partial charge in [-0.2, -0.15) is 4.98 Å². The lowest BCUT2D eigenvalue weighted by Crippen LogP contribution is -1.97. The Morgan fingerprint density at radius 1 is 1.04 bits per heavy atom. The molecule has 4 aromatic rings. The molecule has 0 radical (unpaired) electrons. The predicted octanol–water partition coefficient (Wildman–Crippen LogP) is 5.56. The van der Waals surface area contributed by atoms with Crippen LogP contribution in [0.1, 0.15) is 10.4 Å². The summed E-state index contributed by atoms with van der Waals surface area (Å²) in [5.41, 5.74) is 2.01. The van der Waals surface area contributed by atoms with Gasteiger partial charge in [0.25, 0.3) is 0 Å². The summed E-state index contributed by atoms with van der Waals surface area (Å²) in [5.74, 6) is 0.937. The number of halogens is 1. The van der Waals surface area contributed by atoms with Gasteiger partial charge in [-0.05, 0) is 43.1 Å². The quantitative estimate of drug-likeness (QED) is 0.462. The average Bonchev–Trinajstić information content (AvgIpc) is 2.83. The van der Waals surface area contributed by atoms with Crippen molar-refractivity contribution in [3.63, 3.8) is 0 Å². The van der Waals surface area contributed by atoms with Crippen molar-refractivity contribution in [2.45, 2.75) is 13.8 Å². The number of benzene rings is 2. The molecule has 0 saturated heterocycles. The molecule has 0 saturated carbocycles. The van der Waals surface area contributed by atoms with Crippen LogP contribution in [0.5, 0.6) is 5.75 Å². The molecule has 120 valence electrons. The first-order chi connectivity index (χ1) is 11.5. The lowest BCUT2D eigenvalue weighted by atomic mass is 10.1. The number of aromatic nitrogens is 2. The van der Waals surface area contributed by atoms with Gasteiger partial charge in [0.1, 0.15) is 16.4 Å². The van der Waals surface area contributed by atoms with Crippen molar-refractivity contribution < 1.29 is 5.11 Å². The Labute approximate surface area is 147 Å². The minimum atomic E-state index is 0.217. The molecule has 2 N–H and O–H groups in total. The van der Waals surface area contributed by atoms with E-state index in [2.05, 4.69) is 29.1 Å². The number of rotatable bonds is 2. The molecule has 2 aromatic heterocycles. The molecular formula is C18H14ClN3OS. The Morgan fingerprint density at radius 3 is 2.62 bits per heavy atom. The van der Waals surface area contributed by atoms with Crippen molar-refractivity contribution >= 4 is 55.4 Å². The monoisotopic (exact) mass is 355 g/mol. The SMILES string of the molecule is Cc1sc2nc(Cl)nc(Nc3cccc4c(O)cccc34)c2c1C. The van der Waals surface area contributed by atoms with Crippen molar-refractivity contribution in [1.29, 1.82) is 0 Å². The van der Waals surface area contributed by atoms with Crippen LogP contribution in [-0.2, 0) is 0 Å². The van der Waals surface area contributed by atoms with Crippen LogP contribution < -0.4 is 5.32 Å². The van der Waals surface area contributed by atoms with Gasteiger partial charge in [0, 0.05) is 21.3 Å². The molecule has 0 atom stereocenters. The summed E-state index contributed by atoms with van der Waals surface area (Å²) in [6.45, 7) is 4.13. The minimum Gasteiger partial charge on any atom is -0.507 e.